The molecular formula is C9H8N2. The van der Waals surface area contributed by atoms with Gasteiger partial charge < -0.3 is 4.40 Å². The largest absolute Gasteiger partial charge is 0.300 e. The third-order valence-corrected chi connectivity index (χ3v) is 1.65. The van der Waals surface area contributed by atoms with Gasteiger partial charge >= 0.3 is 0 Å². The van der Waals surface area contributed by atoms with E-state index in [1.807, 2.05) is 35.0 Å². The molecule has 0 aliphatic carbocycles. The second-order valence-electron chi connectivity index (χ2n) is 2.32. The van der Waals surface area contributed by atoms with Gasteiger partial charge in [0.1, 0.15) is 5.65 Å². The molecule has 11 heavy (non-hydrogen) atoms. The number of hydrogen-bond donors (Lipinski definition) is 0. The summed E-state index contributed by atoms with van der Waals surface area (Å²) in [5.74, 6) is 0. The zero-order valence-corrected chi connectivity index (χ0v) is 6.07. The minimum absolute atomic E-state index is 0.961. The van der Waals surface area contributed by atoms with Crippen molar-refractivity contribution in [3.63, 3.8) is 0 Å². The molecule has 54 valence electrons. The summed E-state index contributed by atoms with van der Waals surface area (Å²) >= 11 is 0. The molecule has 0 amide bonds. The quantitative estimate of drug-likeness (QED) is 0.598. The molecule has 0 atom stereocenters. The maximum absolute atomic E-state index is 4.18. The average Bonchev–Trinajstić information content (AvgIpc) is 2.47. The number of rotatable bonds is 1. The van der Waals surface area contributed by atoms with Crippen LogP contribution in [0.25, 0.3) is 11.7 Å². The molecule has 0 radical (unpaired) electrons. The topological polar surface area (TPSA) is 17.3 Å². The van der Waals surface area contributed by atoms with Crippen molar-refractivity contribution in [2.45, 2.75) is 0 Å². The van der Waals surface area contributed by atoms with Gasteiger partial charge in [-0.05, 0) is 18.2 Å². The molecule has 0 aliphatic heterocycles. The van der Waals surface area contributed by atoms with Crippen LogP contribution in [0, 0.1) is 0 Å². The highest BCUT2D eigenvalue weighted by atomic mass is 15.0. The predicted octanol–water partition coefficient (Wildman–Crippen LogP) is 1.98. The number of imidazole rings is 1. The second-order valence-corrected chi connectivity index (χ2v) is 2.32. The summed E-state index contributed by atoms with van der Waals surface area (Å²) in [7, 11) is 0. The SMILES string of the molecule is C=Cc1cnc2ccccn12. The Labute approximate surface area is 64.8 Å². The first-order chi connectivity index (χ1) is 5.42. The van der Waals surface area contributed by atoms with Crippen LogP contribution in [0.1, 0.15) is 5.69 Å². The third kappa shape index (κ3) is 0.835. The maximum Gasteiger partial charge on any atom is 0.137 e. The van der Waals surface area contributed by atoms with E-state index in [1.165, 1.54) is 0 Å². The van der Waals surface area contributed by atoms with Gasteiger partial charge in [-0.3, -0.25) is 0 Å². The fourth-order valence-corrected chi connectivity index (χ4v) is 1.10. The Morgan fingerprint density at radius 2 is 2.36 bits per heavy atom. The Hall–Kier alpha value is -1.57. The van der Waals surface area contributed by atoms with Gasteiger partial charge in [0.25, 0.3) is 0 Å². The van der Waals surface area contributed by atoms with Crippen molar-refractivity contribution in [1.29, 1.82) is 0 Å². The molecule has 2 heteroatoms. The molecule has 0 spiro atoms. The van der Waals surface area contributed by atoms with E-state index < -0.39 is 0 Å². The highest BCUT2D eigenvalue weighted by molar-refractivity contribution is 5.50. The zero-order valence-electron chi connectivity index (χ0n) is 6.07. The van der Waals surface area contributed by atoms with Crippen LogP contribution in [0.2, 0.25) is 0 Å². The van der Waals surface area contributed by atoms with Crippen molar-refractivity contribution < 1.29 is 0 Å². The van der Waals surface area contributed by atoms with Crippen LogP contribution in [0.3, 0.4) is 0 Å². The van der Waals surface area contributed by atoms with E-state index in [2.05, 4.69) is 11.6 Å². The fourth-order valence-electron chi connectivity index (χ4n) is 1.10. The first-order valence-electron chi connectivity index (χ1n) is 3.46. The van der Waals surface area contributed by atoms with Gasteiger partial charge in [-0.1, -0.05) is 12.6 Å². The first kappa shape index (κ1) is 6.16. The lowest BCUT2D eigenvalue weighted by atomic mass is 10.4. The highest BCUT2D eigenvalue weighted by Gasteiger charge is 1.95. The summed E-state index contributed by atoms with van der Waals surface area (Å²) in [6, 6.07) is 5.91. The lowest BCUT2D eigenvalue weighted by Gasteiger charge is -1.92. The molecule has 0 aliphatic rings. The molecule has 0 fully saturated rings. The molecule has 2 rings (SSSR count). The molecule has 2 nitrogen and oxygen atoms in total. The lowest BCUT2D eigenvalue weighted by Crippen LogP contribution is -1.83. The van der Waals surface area contributed by atoms with Crippen LogP contribution in [0.15, 0.2) is 37.2 Å². The van der Waals surface area contributed by atoms with Crippen molar-refractivity contribution in [3.05, 3.63) is 42.9 Å². The molecule has 0 unspecified atom stereocenters. The van der Waals surface area contributed by atoms with Gasteiger partial charge in [-0.25, -0.2) is 4.98 Å². The van der Waals surface area contributed by atoms with Gasteiger partial charge in [-0.15, -0.1) is 0 Å². The van der Waals surface area contributed by atoms with Crippen LogP contribution >= 0.6 is 0 Å². The monoisotopic (exact) mass is 144 g/mol. The lowest BCUT2D eigenvalue weighted by molar-refractivity contribution is 1.17. The van der Waals surface area contributed by atoms with Crippen LogP contribution < -0.4 is 0 Å². The number of pyridine rings is 1. The van der Waals surface area contributed by atoms with Crippen molar-refractivity contribution in [1.82, 2.24) is 9.38 Å². The molecule has 0 bridgehead atoms. The highest BCUT2D eigenvalue weighted by Crippen LogP contribution is 2.05. The van der Waals surface area contributed by atoms with E-state index in [0.717, 1.165) is 11.3 Å². The van der Waals surface area contributed by atoms with Crippen molar-refractivity contribution in [2.24, 2.45) is 0 Å². The molecule has 0 saturated carbocycles. The van der Waals surface area contributed by atoms with Gasteiger partial charge in [0.15, 0.2) is 0 Å². The molecule has 2 aromatic heterocycles. The third-order valence-electron chi connectivity index (χ3n) is 1.65. The van der Waals surface area contributed by atoms with Gasteiger partial charge in [0.05, 0.1) is 11.9 Å². The van der Waals surface area contributed by atoms with E-state index in [4.69, 9.17) is 0 Å². The summed E-state index contributed by atoms with van der Waals surface area (Å²) in [6.07, 6.45) is 5.57. The molecular weight excluding hydrogens is 136 g/mol. The van der Waals surface area contributed by atoms with Crippen LogP contribution in [-0.2, 0) is 0 Å². The summed E-state index contributed by atoms with van der Waals surface area (Å²) in [6.45, 7) is 3.69. The minimum atomic E-state index is 0.961. The normalized spacial score (nSPS) is 10.2. The van der Waals surface area contributed by atoms with E-state index in [0.29, 0.717) is 0 Å². The minimum Gasteiger partial charge on any atom is -0.300 e. The van der Waals surface area contributed by atoms with Gasteiger partial charge in [0.2, 0.25) is 0 Å². The molecule has 2 aromatic rings. The standard InChI is InChI=1S/C9H8N2/c1-2-8-7-10-9-5-3-4-6-11(8)9/h2-7H,1H2. The molecule has 0 saturated heterocycles. The van der Waals surface area contributed by atoms with E-state index in [-0.39, 0.29) is 0 Å². The van der Waals surface area contributed by atoms with Crippen molar-refractivity contribution in [3.8, 4) is 0 Å². The summed E-state index contributed by atoms with van der Waals surface area (Å²) in [5, 5.41) is 0. The number of hydrogen-bond acceptors (Lipinski definition) is 1. The smallest absolute Gasteiger partial charge is 0.137 e. The van der Waals surface area contributed by atoms with E-state index in [9.17, 15) is 0 Å². The Balaban J connectivity index is 2.86. The van der Waals surface area contributed by atoms with Crippen LogP contribution in [0.4, 0.5) is 0 Å². The Morgan fingerprint density at radius 1 is 1.45 bits per heavy atom. The number of fused-ring (bicyclic) bond motifs is 1. The van der Waals surface area contributed by atoms with E-state index >= 15 is 0 Å². The molecule has 0 N–H and O–H groups in total. The average molecular weight is 144 g/mol. The van der Waals surface area contributed by atoms with Crippen molar-refractivity contribution >= 4 is 11.7 Å². The van der Waals surface area contributed by atoms with Crippen LogP contribution in [0.5, 0.6) is 0 Å². The summed E-state index contributed by atoms with van der Waals surface area (Å²) < 4.78 is 1.99. The maximum atomic E-state index is 4.18. The van der Waals surface area contributed by atoms with Crippen molar-refractivity contribution in [2.75, 3.05) is 0 Å². The molecule has 2 heterocycles. The predicted molar refractivity (Wildman–Crippen MR) is 45.3 cm³/mol. The first-order valence-corrected chi connectivity index (χ1v) is 3.46. The number of nitrogens with zero attached hydrogens (tertiary/aromatic N) is 2. The van der Waals surface area contributed by atoms with Crippen LogP contribution in [-0.4, -0.2) is 9.38 Å². The van der Waals surface area contributed by atoms with E-state index in [1.54, 1.807) is 6.08 Å². The molecule has 0 aromatic carbocycles. The Morgan fingerprint density at radius 3 is 3.18 bits per heavy atom. The summed E-state index contributed by atoms with van der Waals surface area (Å²) in [4.78, 5) is 4.18. The number of aromatic nitrogens is 2. The second kappa shape index (κ2) is 2.23. The fraction of sp³-hybridized carbons (Fsp3) is 0. The summed E-state index contributed by atoms with van der Waals surface area (Å²) in [5.41, 5.74) is 1.99. The zero-order chi connectivity index (χ0) is 7.68. The Bertz CT molecular complexity index is 387. The van der Waals surface area contributed by atoms with Gasteiger partial charge in [-0.2, -0.15) is 0 Å². The van der Waals surface area contributed by atoms with Gasteiger partial charge in [0, 0.05) is 6.20 Å². The Kier molecular flexibility index (Phi) is 1.25.